The van der Waals surface area contributed by atoms with E-state index >= 15 is 0 Å². The van der Waals surface area contributed by atoms with Crippen LogP contribution in [-0.4, -0.2) is 26.5 Å². The first kappa shape index (κ1) is 16.1. The first-order valence-electron chi connectivity index (χ1n) is 6.71. The number of rotatable bonds is 5. The van der Waals surface area contributed by atoms with Gasteiger partial charge in [0.05, 0.1) is 11.8 Å². The molecule has 9 heteroatoms. The number of aryl methyl sites for hydroxylation is 1. The highest BCUT2D eigenvalue weighted by atomic mass is 16.6. The maximum atomic E-state index is 12.0. The Labute approximate surface area is 131 Å². The molecule has 2 N–H and O–H groups in total. The lowest BCUT2D eigenvalue weighted by Gasteiger charge is -2.06. The number of nitro groups is 1. The molecule has 0 aliphatic rings. The van der Waals surface area contributed by atoms with E-state index < -0.39 is 10.8 Å². The van der Waals surface area contributed by atoms with Gasteiger partial charge in [-0.15, -0.1) is 4.68 Å². The van der Waals surface area contributed by atoms with Gasteiger partial charge in [-0.25, -0.2) is 0 Å². The van der Waals surface area contributed by atoms with Crippen molar-refractivity contribution in [3.05, 3.63) is 46.1 Å². The summed E-state index contributed by atoms with van der Waals surface area (Å²) in [6.45, 7) is 2.74. The minimum absolute atomic E-state index is 0.192. The Bertz CT molecular complexity index is 751. The van der Waals surface area contributed by atoms with Gasteiger partial charge < -0.3 is 20.7 Å². The van der Waals surface area contributed by atoms with Crippen molar-refractivity contribution in [2.24, 2.45) is 0 Å². The number of benzene rings is 1. The first-order chi connectivity index (χ1) is 10.8. The predicted molar refractivity (Wildman–Crippen MR) is 83.0 cm³/mol. The standard InChI is InChI=1S/C14H15N5O4/c1-9-7-14(19(22)23)18(17-9)8-13(21)16-12-5-3-11(4-6-12)15-10(2)20/h3-7H,8H2,1-2H3,(H,15,20)(H,16,21). The van der Waals surface area contributed by atoms with Crippen LogP contribution < -0.4 is 10.6 Å². The number of amides is 2. The van der Waals surface area contributed by atoms with E-state index in [4.69, 9.17) is 0 Å². The molecule has 0 unspecified atom stereocenters. The molecular formula is C14H15N5O4. The van der Waals surface area contributed by atoms with Gasteiger partial charge >= 0.3 is 5.82 Å². The number of carbonyl (C=O) groups excluding carboxylic acids is 2. The fourth-order valence-corrected chi connectivity index (χ4v) is 1.97. The second-order valence-corrected chi connectivity index (χ2v) is 4.87. The summed E-state index contributed by atoms with van der Waals surface area (Å²) in [5.74, 6) is -0.870. The van der Waals surface area contributed by atoms with Gasteiger partial charge in [-0.1, -0.05) is 5.10 Å². The van der Waals surface area contributed by atoms with Crippen LogP contribution in [0.3, 0.4) is 0 Å². The van der Waals surface area contributed by atoms with Crippen LogP contribution in [-0.2, 0) is 16.1 Å². The molecule has 0 aliphatic carbocycles. The summed E-state index contributed by atoms with van der Waals surface area (Å²) < 4.78 is 1.04. The third kappa shape index (κ3) is 4.37. The SMILES string of the molecule is CC(=O)Nc1ccc(NC(=O)Cn2nc(C)cc2[N+](=O)[O-])cc1. The summed E-state index contributed by atoms with van der Waals surface area (Å²) >= 11 is 0. The van der Waals surface area contributed by atoms with E-state index in [-0.39, 0.29) is 18.3 Å². The zero-order valence-corrected chi connectivity index (χ0v) is 12.6. The van der Waals surface area contributed by atoms with Crippen LogP contribution in [0.1, 0.15) is 12.6 Å². The quantitative estimate of drug-likeness (QED) is 0.642. The summed E-state index contributed by atoms with van der Waals surface area (Å²) in [5, 5.41) is 20.0. The smallest absolute Gasteiger partial charge is 0.345 e. The molecule has 2 aromatic rings. The second-order valence-electron chi connectivity index (χ2n) is 4.87. The van der Waals surface area contributed by atoms with Gasteiger partial charge in [-0.2, -0.15) is 0 Å². The van der Waals surface area contributed by atoms with Crippen molar-refractivity contribution in [3.63, 3.8) is 0 Å². The third-order valence-electron chi connectivity index (χ3n) is 2.85. The summed E-state index contributed by atoms with van der Waals surface area (Å²) in [4.78, 5) is 33.2. The Kier molecular flexibility index (Phi) is 4.69. The van der Waals surface area contributed by atoms with Crippen LogP contribution in [0.25, 0.3) is 0 Å². The number of carbonyl (C=O) groups is 2. The Balaban J connectivity index is 2.02. The Morgan fingerprint density at radius 1 is 1.22 bits per heavy atom. The number of nitrogens with zero attached hydrogens (tertiary/aromatic N) is 3. The summed E-state index contributed by atoms with van der Waals surface area (Å²) in [6, 6.07) is 7.81. The highest BCUT2D eigenvalue weighted by Crippen LogP contribution is 2.15. The average molecular weight is 317 g/mol. The molecule has 2 amide bonds. The molecule has 0 aliphatic heterocycles. The van der Waals surface area contributed by atoms with E-state index in [0.29, 0.717) is 17.1 Å². The molecule has 0 saturated heterocycles. The molecule has 0 spiro atoms. The minimum Gasteiger partial charge on any atom is -0.358 e. The predicted octanol–water partition coefficient (Wildman–Crippen LogP) is 1.70. The third-order valence-corrected chi connectivity index (χ3v) is 2.85. The Hall–Kier alpha value is -3.23. The van der Waals surface area contributed by atoms with E-state index in [1.54, 1.807) is 31.2 Å². The molecule has 9 nitrogen and oxygen atoms in total. The zero-order chi connectivity index (χ0) is 17.0. The van der Waals surface area contributed by atoms with Crippen molar-refractivity contribution < 1.29 is 14.5 Å². The summed E-state index contributed by atoms with van der Waals surface area (Å²) in [5.41, 5.74) is 1.58. The molecule has 0 radical (unpaired) electrons. The van der Waals surface area contributed by atoms with Crippen LogP contribution in [0, 0.1) is 17.0 Å². The van der Waals surface area contributed by atoms with Gasteiger partial charge in [0.2, 0.25) is 5.91 Å². The van der Waals surface area contributed by atoms with Gasteiger partial charge in [0.15, 0.2) is 6.54 Å². The largest absolute Gasteiger partial charge is 0.358 e. The molecular weight excluding hydrogens is 302 g/mol. The molecule has 1 aromatic carbocycles. The van der Waals surface area contributed by atoms with Crippen molar-refractivity contribution in [1.29, 1.82) is 0 Å². The highest BCUT2D eigenvalue weighted by Gasteiger charge is 2.19. The molecule has 0 bridgehead atoms. The van der Waals surface area contributed by atoms with Gasteiger partial charge in [-0.05, 0) is 36.1 Å². The maximum Gasteiger partial charge on any atom is 0.345 e. The normalized spacial score (nSPS) is 10.2. The number of anilines is 2. The Morgan fingerprint density at radius 3 is 2.30 bits per heavy atom. The lowest BCUT2D eigenvalue weighted by Crippen LogP contribution is -2.20. The van der Waals surface area contributed by atoms with Crippen LogP contribution in [0.15, 0.2) is 30.3 Å². The first-order valence-corrected chi connectivity index (χ1v) is 6.71. The minimum atomic E-state index is -0.588. The lowest BCUT2D eigenvalue weighted by atomic mass is 10.2. The molecule has 0 atom stereocenters. The van der Waals surface area contributed by atoms with E-state index in [2.05, 4.69) is 15.7 Å². The van der Waals surface area contributed by atoms with E-state index in [0.717, 1.165) is 4.68 Å². The van der Waals surface area contributed by atoms with Gasteiger partial charge in [0.25, 0.3) is 5.91 Å². The Morgan fingerprint density at radius 2 is 1.78 bits per heavy atom. The van der Waals surface area contributed by atoms with Crippen molar-refractivity contribution >= 4 is 29.0 Å². The molecule has 2 rings (SSSR count). The highest BCUT2D eigenvalue weighted by molar-refractivity contribution is 5.92. The molecule has 1 aromatic heterocycles. The molecule has 0 fully saturated rings. The second kappa shape index (κ2) is 6.69. The number of aromatic nitrogens is 2. The van der Waals surface area contributed by atoms with Crippen molar-refractivity contribution in [2.75, 3.05) is 10.6 Å². The lowest BCUT2D eigenvalue weighted by molar-refractivity contribution is -0.392. The monoisotopic (exact) mass is 317 g/mol. The molecule has 1 heterocycles. The number of nitrogens with one attached hydrogen (secondary N) is 2. The van der Waals surface area contributed by atoms with Crippen molar-refractivity contribution in [3.8, 4) is 0 Å². The van der Waals surface area contributed by atoms with Gasteiger partial charge in [0.1, 0.15) is 0 Å². The van der Waals surface area contributed by atoms with Crippen LogP contribution in [0.4, 0.5) is 17.2 Å². The van der Waals surface area contributed by atoms with Crippen molar-refractivity contribution in [2.45, 2.75) is 20.4 Å². The van der Waals surface area contributed by atoms with Gasteiger partial charge in [-0.3, -0.25) is 9.59 Å². The van der Waals surface area contributed by atoms with Crippen LogP contribution in [0.2, 0.25) is 0 Å². The molecule has 0 saturated carbocycles. The summed E-state index contributed by atoms with van der Waals surface area (Å²) in [6.07, 6.45) is 0. The molecule has 120 valence electrons. The topological polar surface area (TPSA) is 119 Å². The van der Waals surface area contributed by atoms with Gasteiger partial charge in [0, 0.05) is 18.3 Å². The fraction of sp³-hybridized carbons (Fsp3) is 0.214. The molecule has 23 heavy (non-hydrogen) atoms. The van der Waals surface area contributed by atoms with E-state index in [1.807, 2.05) is 0 Å². The zero-order valence-electron chi connectivity index (χ0n) is 12.6. The van der Waals surface area contributed by atoms with E-state index in [9.17, 15) is 19.7 Å². The number of hydrogen-bond acceptors (Lipinski definition) is 5. The fourth-order valence-electron chi connectivity index (χ4n) is 1.97. The van der Waals surface area contributed by atoms with Crippen LogP contribution >= 0.6 is 0 Å². The number of hydrogen-bond donors (Lipinski definition) is 2. The maximum absolute atomic E-state index is 12.0. The van der Waals surface area contributed by atoms with Crippen LogP contribution in [0.5, 0.6) is 0 Å². The average Bonchev–Trinajstić information content (AvgIpc) is 2.81. The van der Waals surface area contributed by atoms with E-state index in [1.165, 1.54) is 13.0 Å². The van der Waals surface area contributed by atoms with Crippen molar-refractivity contribution in [1.82, 2.24) is 9.78 Å². The summed E-state index contributed by atoms with van der Waals surface area (Å²) in [7, 11) is 0.